The molecule has 19 heavy (non-hydrogen) atoms. The molecular formula is C14H22N2O3. The van der Waals surface area contributed by atoms with Crippen LogP contribution < -0.4 is 5.32 Å². The first-order chi connectivity index (χ1) is 9.03. The fourth-order valence-electron chi connectivity index (χ4n) is 3.02. The van der Waals surface area contributed by atoms with Crippen molar-refractivity contribution in [2.45, 2.75) is 44.6 Å². The predicted octanol–water partition coefficient (Wildman–Crippen LogP) is 1.99. The van der Waals surface area contributed by atoms with Gasteiger partial charge in [0.05, 0.1) is 0 Å². The van der Waals surface area contributed by atoms with E-state index in [1.165, 1.54) is 0 Å². The second-order valence-electron chi connectivity index (χ2n) is 5.73. The summed E-state index contributed by atoms with van der Waals surface area (Å²) in [6.07, 6.45) is 7.77. The number of hydrogen-bond acceptors (Lipinski definition) is 2. The maximum atomic E-state index is 12.2. The summed E-state index contributed by atoms with van der Waals surface area (Å²) in [6, 6.07) is -0.249. The Morgan fingerprint density at radius 2 is 2.21 bits per heavy atom. The van der Waals surface area contributed by atoms with E-state index in [4.69, 9.17) is 0 Å². The molecule has 0 spiro atoms. The van der Waals surface area contributed by atoms with Crippen LogP contribution in [-0.4, -0.2) is 40.6 Å². The van der Waals surface area contributed by atoms with Gasteiger partial charge >= 0.3 is 12.0 Å². The Labute approximate surface area is 113 Å². The van der Waals surface area contributed by atoms with Crippen molar-refractivity contribution in [2.24, 2.45) is 5.92 Å². The van der Waals surface area contributed by atoms with Crippen molar-refractivity contribution in [3.63, 3.8) is 0 Å². The average Bonchev–Trinajstić information content (AvgIpc) is 2.39. The molecule has 2 atom stereocenters. The normalized spacial score (nSPS) is 31.0. The van der Waals surface area contributed by atoms with Gasteiger partial charge in [-0.25, -0.2) is 9.59 Å². The number of urea groups is 1. The highest BCUT2D eigenvalue weighted by Gasteiger charge is 2.43. The molecule has 1 fully saturated rings. The molecule has 0 bridgehead atoms. The number of carboxylic acid groups (broad SMARTS) is 1. The molecule has 2 amide bonds. The van der Waals surface area contributed by atoms with Gasteiger partial charge in [0.25, 0.3) is 0 Å². The number of amides is 2. The van der Waals surface area contributed by atoms with Gasteiger partial charge in [-0.3, -0.25) is 0 Å². The minimum Gasteiger partial charge on any atom is -0.480 e. The highest BCUT2D eigenvalue weighted by atomic mass is 16.4. The van der Waals surface area contributed by atoms with E-state index in [-0.39, 0.29) is 6.03 Å². The Morgan fingerprint density at radius 3 is 2.79 bits per heavy atom. The van der Waals surface area contributed by atoms with Gasteiger partial charge in [0.1, 0.15) is 5.54 Å². The Balaban J connectivity index is 2.06. The number of aliphatic carboxylic acids is 1. The van der Waals surface area contributed by atoms with E-state index in [1.807, 2.05) is 19.1 Å². The topological polar surface area (TPSA) is 69.6 Å². The lowest BCUT2D eigenvalue weighted by Gasteiger charge is -2.38. The number of carboxylic acids is 1. The van der Waals surface area contributed by atoms with Crippen molar-refractivity contribution < 1.29 is 14.7 Å². The van der Waals surface area contributed by atoms with Crippen molar-refractivity contribution in [1.82, 2.24) is 10.2 Å². The Bertz CT molecular complexity index is 394. The van der Waals surface area contributed by atoms with Crippen LogP contribution in [0.15, 0.2) is 12.2 Å². The molecule has 5 nitrogen and oxygen atoms in total. The van der Waals surface area contributed by atoms with E-state index >= 15 is 0 Å². The molecule has 0 aromatic carbocycles. The molecule has 1 heterocycles. The van der Waals surface area contributed by atoms with Crippen LogP contribution in [0.25, 0.3) is 0 Å². The number of nitrogens with one attached hydrogen (secondary N) is 1. The molecule has 106 valence electrons. The zero-order valence-corrected chi connectivity index (χ0v) is 11.4. The van der Waals surface area contributed by atoms with Crippen LogP contribution in [0.3, 0.4) is 0 Å². The lowest BCUT2D eigenvalue weighted by Crippen LogP contribution is -2.60. The van der Waals surface area contributed by atoms with Gasteiger partial charge < -0.3 is 15.3 Å². The average molecular weight is 266 g/mol. The lowest BCUT2D eigenvalue weighted by atomic mass is 9.76. The van der Waals surface area contributed by atoms with Crippen molar-refractivity contribution in [2.75, 3.05) is 13.1 Å². The SMILES string of the molecule is CC1CCCC(NC(=O)N2CC=CCC2)(C(=O)O)C1. The molecule has 2 aliphatic rings. The second kappa shape index (κ2) is 5.63. The van der Waals surface area contributed by atoms with Gasteiger partial charge in [-0.05, 0) is 25.2 Å². The molecule has 2 N–H and O–H groups in total. The summed E-state index contributed by atoms with van der Waals surface area (Å²) in [7, 11) is 0. The maximum Gasteiger partial charge on any atom is 0.329 e. The number of rotatable bonds is 2. The summed E-state index contributed by atoms with van der Waals surface area (Å²) in [5, 5.41) is 12.3. The third-order valence-electron chi connectivity index (χ3n) is 4.10. The van der Waals surface area contributed by atoms with Crippen LogP contribution in [-0.2, 0) is 4.79 Å². The van der Waals surface area contributed by atoms with E-state index in [0.29, 0.717) is 31.8 Å². The quantitative estimate of drug-likeness (QED) is 0.751. The van der Waals surface area contributed by atoms with E-state index in [9.17, 15) is 14.7 Å². The summed E-state index contributed by atoms with van der Waals surface area (Å²) in [5.41, 5.74) is -1.07. The summed E-state index contributed by atoms with van der Waals surface area (Å²) in [4.78, 5) is 25.5. The summed E-state index contributed by atoms with van der Waals surface area (Å²) in [5.74, 6) is -0.564. The summed E-state index contributed by atoms with van der Waals surface area (Å²) in [6.45, 7) is 3.28. The van der Waals surface area contributed by atoms with Gasteiger partial charge in [0.15, 0.2) is 0 Å². The molecular weight excluding hydrogens is 244 g/mol. The molecule has 1 aliphatic carbocycles. The highest BCUT2D eigenvalue weighted by molar-refractivity contribution is 5.86. The number of carbonyl (C=O) groups is 2. The van der Waals surface area contributed by atoms with Gasteiger partial charge in [0.2, 0.25) is 0 Å². The number of hydrogen-bond donors (Lipinski definition) is 2. The van der Waals surface area contributed by atoms with Gasteiger partial charge in [-0.2, -0.15) is 0 Å². The van der Waals surface area contributed by atoms with E-state index in [1.54, 1.807) is 4.90 Å². The van der Waals surface area contributed by atoms with Gasteiger partial charge in [0, 0.05) is 13.1 Å². The third-order valence-corrected chi connectivity index (χ3v) is 4.10. The van der Waals surface area contributed by atoms with E-state index < -0.39 is 11.5 Å². The minimum absolute atomic E-state index is 0.249. The smallest absolute Gasteiger partial charge is 0.329 e. The first kappa shape index (κ1) is 13.9. The predicted molar refractivity (Wildman–Crippen MR) is 71.9 cm³/mol. The lowest BCUT2D eigenvalue weighted by molar-refractivity contribution is -0.146. The number of carbonyl (C=O) groups excluding carboxylic acids is 1. The molecule has 1 saturated carbocycles. The van der Waals surface area contributed by atoms with E-state index in [2.05, 4.69) is 5.32 Å². The zero-order chi connectivity index (χ0) is 13.9. The second-order valence-corrected chi connectivity index (χ2v) is 5.73. The number of nitrogens with zero attached hydrogens (tertiary/aromatic N) is 1. The molecule has 5 heteroatoms. The van der Waals surface area contributed by atoms with Crippen LogP contribution in [0, 0.1) is 5.92 Å². The first-order valence-electron chi connectivity index (χ1n) is 6.99. The highest BCUT2D eigenvalue weighted by Crippen LogP contribution is 2.32. The molecule has 0 saturated heterocycles. The summed E-state index contributed by atoms with van der Waals surface area (Å²) >= 11 is 0. The molecule has 2 unspecified atom stereocenters. The van der Waals surface area contributed by atoms with Crippen LogP contribution in [0.5, 0.6) is 0 Å². The molecule has 2 rings (SSSR count). The fraction of sp³-hybridized carbons (Fsp3) is 0.714. The first-order valence-corrected chi connectivity index (χ1v) is 6.99. The van der Waals surface area contributed by atoms with Crippen LogP contribution in [0.2, 0.25) is 0 Å². The largest absolute Gasteiger partial charge is 0.480 e. The molecule has 0 radical (unpaired) electrons. The van der Waals surface area contributed by atoms with Crippen LogP contribution >= 0.6 is 0 Å². The van der Waals surface area contributed by atoms with Crippen LogP contribution in [0.4, 0.5) is 4.79 Å². The molecule has 1 aliphatic heterocycles. The Morgan fingerprint density at radius 1 is 1.42 bits per heavy atom. The maximum absolute atomic E-state index is 12.2. The van der Waals surface area contributed by atoms with Crippen molar-refractivity contribution in [3.05, 3.63) is 12.2 Å². The van der Waals surface area contributed by atoms with E-state index in [0.717, 1.165) is 19.3 Å². The van der Waals surface area contributed by atoms with Gasteiger partial charge in [-0.1, -0.05) is 31.9 Å². The van der Waals surface area contributed by atoms with Crippen LogP contribution in [0.1, 0.15) is 39.0 Å². The standard InChI is InChI=1S/C14H22N2O3/c1-11-6-5-7-14(10-11,12(17)18)15-13(19)16-8-3-2-4-9-16/h2-3,11H,4-10H2,1H3,(H,15,19)(H,17,18). The molecule has 0 aromatic heterocycles. The van der Waals surface area contributed by atoms with Gasteiger partial charge in [-0.15, -0.1) is 0 Å². The van der Waals surface area contributed by atoms with Crippen molar-refractivity contribution in [3.8, 4) is 0 Å². The van der Waals surface area contributed by atoms with Crippen molar-refractivity contribution >= 4 is 12.0 Å². The Hall–Kier alpha value is -1.52. The Kier molecular flexibility index (Phi) is 4.12. The third kappa shape index (κ3) is 3.08. The summed E-state index contributed by atoms with van der Waals surface area (Å²) < 4.78 is 0. The zero-order valence-electron chi connectivity index (χ0n) is 11.4. The molecule has 0 aromatic rings. The minimum atomic E-state index is -1.07. The monoisotopic (exact) mass is 266 g/mol. The fourth-order valence-corrected chi connectivity index (χ4v) is 3.02. The van der Waals surface area contributed by atoms with Crippen molar-refractivity contribution in [1.29, 1.82) is 0 Å².